The summed E-state index contributed by atoms with van der Waals surface area (Å²) in [6.07, 6.45) is 4.48. The molecule has 0 aliphatic rings. The molecule has 1 aromatic rings. The van der Waals surface area contributed by atoms with E-state index in [2.05, 4.69) is 22.7 Å². The zero-order valence-electron chi connectivity index (χ0n) is 12.5. The third-order valence-corrected chi connectivity index (χ3v) is 2.87. The molecule has 20 heavy (non-hydrogen) atoms. The normalized spacial score (nSPS) is 11.9. The number of nitrogens with one attached hydrogen (secondary N) is 2. The van der Waals surface area contributed by atoms with Crippen LogP contribution in [0.3, 0.4) is 0 Å². The van der Waals surface area contributed by atoms with Crippen molar-refractivity contribution in [2.45, 2.75) is 52.6 Å². The highest BCUT2D eigenvalue weighted by Gasteiger charge is 2.09. The molecule has 1 amide bonds. The average Bonchev–Trinajstić information content (AvgIpc) is 2.39. The van der Waals surface area contributed by atoms with Crippen LogP contribution in [0, 0.1) is 0 Å². The number of carbonyl (C=O) groups excluding carboxylic acids is 1. The Morgan fingerprint density at radius 3 is 2.75 bits per heavy atom. The number of nitrogens with zero attached hydrogens (tertiary/aromatic N) is 2. The lowest BCUT2D eigenvalue weighted by Crippen LogP contribution is -2.38. The van der Waals surface area contributed by atoms with Crippen LogP contribution >= 0.6 is 0 Å². The molecule has 1 rings (SSSR count). The van der Waals surface area contributed by atoms with Gasteiger partial charge in [-0.3, -0.25) is 9.59 Å². The van der Waals surface area contributed by atoms with E-state index in [-0.39, 0.29) is 24.1 Å². The third-order valence-electron chi connectivity index (χ3n) is 2.87. The molecule has 1 heterocycles. The SMILES string of the molecule is CCCNc1cnn(CC(=O)NC(C)CCC)c(=O)c1. The van der Waals surface area contributed by atoms with E-state index < -0.39 is 0 Å². The van der Waals surface area contributed by atoms with Crippen LogP contribution in [0.25, 0.3) is 0 Å². The molecular weight excluding hydrogens is 256 g/mol. The van der Waals surface area contributed by atoms with Crippen molar-refractivity contribution < 1.29 is 4.79 Å². The Balaban J connectivity index is 2.59. The van der Waals surface area contributed by atoms with Crippen LogP contribution in [-0.4, -0.2) is 28.3 Å². The predicted molar refractivity (Wildman–Crippen MR) is 79.8 cm³/mol. The van der Waals surface area contributed by atoms with Gasteiger partial charge in [0.1, 0.15) is 6.54 Å². The van der Waals surface area contributed by atoms with Gasteiger partial charge in [-0.2, -0.15) is 5.10 Å². The monoisotopic (exact) mass is 280 g/mol. The second-order valence-corrected chi connectivity index (χ2v) is 4.92. The summed E-state index contributed by atoms with van der Waals surface area (Å²) in [5.74, 6) is -0.185. The average molecular weight is 280 g/mol. The molecule has 1 unspecified atom stereocenters. The molecular formula is C14H24N4O2. The minimum Gasteiger partial charge on any atom is -0.384 e. The predicted octanol–water partition coefficient (Wildman–Crippen LogP) is 1.37. The minimum absolute atomic E-state index is 0.0407. The van der Waals surface area contributed by atoms with Crippen molar-refractivity contribution in [1.29, 1.82) is 0 Å². The molecule has 0 aliphatic carbocycles. The largest absolute Gasteiger partial charge is 0.384 e. The second kappa shape index (κ2) is 8.35. The Labute approximate surface area is 119 Å². The fraction of sp³-hybridized carbons (Fsp3) is 0.643. The van der Waals surface area contributed by atoms with Gasteiger partial charge >= 0.3 is 0 Å². The summed E-state index contributed by atoms with van der Waals surface area (Å²) in [5.41, 5.74) is 0.414. The molecule has 0 spiro atoms. The van der Waals surface area contributed by atoms with E-state index in [9.17, 15) is 9.59 Å². The standard InChI is InChI=1S/C14H24N4O2/c1-4-6-11(3)17-13(19)10-18-14(20)8-12(9-16-18)15-7-5-2/h8-9,11,15H,4-7,10H2,1-3H3,(H,17,19). The molecule has 6 nitrogen and oxygen atoms in total. The summed E-state index contributed by atoms with van der Waals surface area (Å²) in [6.45, 7) is 6.82. The summed E-state index contributed by atoms with van der Waals surface area (Å²) >= 11 is 0. The van der Waals surface area contributed by atoms with Gasteiger partial charge in [-0.25, -0.2) is 4.68 Å². The summed E-state index contributed by atoms with van der Waals surface area (Å²) < 4.78 is 1.17. The summed E-state index contributed by atoms with van der Waals surface area (Å²) in [5, 5.41) is 9.94. The van der Waals surface area contributed by atoms with Gasteiger partial charge in [-0.1, -0.05) is 20.3 Å². The van der Waals surface area contributed by atoms with Crippen molar-refractivity contribution in [3.63, 3.8) is 0 Å². The summed E-state index contributed by atoms with van der Waals surface area (Å²) in [7, 11) is 0. The molecule has 0 radical (unpaired) electrons. The Bertz CT molecular complexity index is 484. The number of amides is 1. The molecule has 0 fully saturated rings. The maximum Gasteiger partial charge on any atom is 0.269 e. The van der Waals surface area contributed by atoms with E-state index in [4.69, 9.17) is 0 Å². The minimum atomic E-state index is -0.274. The molecule has 0 saturated carbocycles. The van der Waals surface area contributed by atoms with Gasteiger partial charge < -0.3 is 10.6 Å². The van der Waals surface area contributed by atoms with Gasteiger partial charge in [0.05, 0.1) is 11.9 Å². The van der Waals surface area contributed by atoms with Crippen LogP contribution < -0.4 is 16.2 Å². The second-order valence-electron chi connectivity index (χ2n) is 4.92. The quantitative estimate of drug-likeness (QED) is 0.754. The fourth-order valence-electron chi connectivity index (χ4n) is 1.88. The first kappa shape index (κ1) is 16.2. The smallest absolute Gasteiger partial charge is 0.269 e. The lowest BCUT2D eigenvalue weighted by atomic mass is 10.2. The number of rotatable bonds is 8. The van der Waals surface area contributed by atoms with Crippen molar-refractivity contribution in [2.24, 2.45) is 0 Å². The van der Waals surface area contributed by atoms with Crippen LogP contribution in [0.15, 0.2) is 17.1 Å². The number of anilines is 1. The zero-order valence-corrected chi connectivity index (χ0v) is 12.5. The summed E-state index contributed by atoms with van der Waals surface area (Å²) in [4.78, 5) is 23.6. The van der Waals surface area contributed by atoms with Gasteiger partial charge in [0.25, 0.3) is 5.56 Å². The Kier molecular flexibility index (Phi) is 6.76. The van der Waals surface area contributed by atoms with Gasteiger partial charge in [-0.05, 0) is 19.8 Å². The molecule has 6 heteroatoms. The highest BCUT2D eigenvalue weighted by atomic mass is 16.2. The molecule has 0 bridgehead atoms. The number of hydrogen-bond donors (Lipinski definition) is 2. The lowest BCUT2D eigenvalue weighted by molar-refractivity contribution is -0.122. The third kappa shape index (κ3) is 5.42. The van der Waals surface area contributed by atoms with Crippen molar-refractivity contribution in [2.75, 3.05) is 11.9 Å². The zero-order chi connectivity index (χ0) is 15.0. The van der Waals surface area contributed by atoms with Crippen molar-refractivity contribution in [3.8, 4) is 0 Å². The fourth-order valence-corrected chi connectivity index (χ4v) is 1.88. The van der Waals surface area contributed by atoms with Crippen molar-refractivity contribution in [3.05, 3.63) is 22.6 Å². The van der Waals surface area contributed by atoms with Crippen LogP contribution in [0.4, 0.5) is 5.69 Å². The molecule has 1 atom stereocenters. The van der Waals surface area contributed by atoms with Gasteiger partial charge in [0.15, 0.2) is 0 Å². The van der Waals surface area contributed by atoms with E-state index in [1.807, 2.05) is 13.8 Å². The molecule has 1 aromatic heterocycles. The van der Waals surface area contributed by atoms with Crippen molar-refractivity contribution >= 4 is 11.6 Å². The maximum atomic E-state index is 11.8. The molecule has 0 aliphatic heterocycles. The van der Waals surface area contributed by atoms with E-state index in [0.29, 0.717) is 5.69 Å². The van der Waals surface area contributed by atoms with E-state index in [1.165, 1.54) is 10.7 Å². The number of hydrogen-bond acceptors (Lipinski definition) is 4. The van der Waals surface area contributed by atoms with E-state index in [1.54, 1.807) is 6.20 Å². The molecule has 0 aromatic carbocycles. The topological polar surface area (TPSA) is 76.0 Å². The van der Waals surface area contributed by atoms with Gasteiger partial charge in [-0.15, -0.1) is 0 Å². The van der Waals surface area contributed by atoms with Crippen LogP contribution in [0.5, 0.6) is 0 Å². The van der Waals surface area contributed by atoms with Gasteiger partial charge in [0, 0.05) is 18.7 Å². The Hall–Kier alpha value is -1.85. The van der Waals surface area contributed by atoms with Crippen LogP contribution in [0.1, 0.15) is 40.0 Å². The first-order chi connectivity index (χ1) is 9.56. The lowest BCUT2D eigenvalue weighted by Gasteiger charge is -2.13. The number of aromatic nitrogens is 2. The van der Waals surface area contributed by atoms with E-state index in [0.717, 1.165) is 25.8 Å². The first-order valence-corrected chi connectivity index (χ1v) is 7.17. The molecule has 112 valence electrons. The summed E-state index contributed by atoms with van der Waals surface area (Å²) in [6, 6.07) is 1.58. The Morgan fingerprint density at radius 1 is 1.40 bits per heavy atom. The highest BCUT2D eigenvalue weighted by Crippen LogP contribution is 1.99. The van der Waals surface area contributed by atoms with Gasteiger partial charge in [0.2, 0.25) is 5.91 Å². The first-order valence-electron chi connectivity index (χ1n) is 7.17. The van der Waals surface area contributed by atoms with Crippen LogP contribution in [-0.2, 0) is 11.3 Å². The Morgan fingerprint density at radius 2 is 2.15 bits per heavy atom. The maximum absolute atomic E-state index is 11.8. The van der Waals surface area contributed by atoms with Crippen molar-refractivity contribution in [1.82, 2.24) is 15.1 Å². The molecule has 0 saturated heterocycles. The highest BCUT2D eigenvalue weighted by molar-refractivity contribution is 5.75. The van der Waals surface area contributed by atoms with E-state index >= 15 is 0 Å². The van der Waals surface area contributed by atoms with Crippen LogP contribution in [0.2, 0.25) is 0 Å². The number of carbonyl (C=O) groups is 1. The molecule has 2 N–H and O–H groups in total.